The van der Waals surface area contributed by atoms with E-state index >= 15 is 0 Å². The summed E-state index contributed by atoms with van der Waals surface area (Å²) in [6.07, 6.45) is 1.95. The van der Waals surface area contributed by atoms with Gasteiger partial charge < -0.3 is 0 Å². The van der Waals surface area contributed by atoms with Gasteiger partial charge in [0.05, 0.1) is 0 Å². The summed E-state index contributed by atoms with van der Waals surface area (Å²) in [5.41, 5.74) is 0. The first-order chi connectivity index (χ1) is 2.77. The Kier molecular flexibility index (Phi) is 4.65. The number of allylic oxidation sites excluding steroid dienone is 1. The van der Waals surface area contributed by atoms with Crippen LogP contribution >= 0.6 is 21.2 Å². The summed E-state index contributed by atoms with van der Waals surface area (Å²) in [6.45, 7) is 7.29. The molecule has 0 bridgehead atoms. The van der Waals surface area contributed by atoms with E-state index in [2.05, 4.69) is 21.2 Å². The Hall–Kier alpha value is 0.885. The van der Waals surface area contributed by atoms with Crippen LogP contribution < -0.4 is 0 Å². The Morgan fingerprint density at radius 2 is 2.33 bits per heavy atom. The molecule has 0 aromatic rings. The predicted molar refractivity (Wildman–Crippen MR) is 42.0 cm³/mol. The van der Waals surface area contributed by atoms with Gasteiger partial charge in [-0.2, -0.15) is 0 Å². The van der Waals surface area contributed by atoms with E-state index in [1.807, 2.05) is 18.4 Å². The van der Waals surface area contributed by atoms with Gasteiger partial charge in [0.2, 0.25) is 0 Å². The summed E-state index contributed by atoms with van der Waals surface area (Å²) < 4.78 is 0. The van der Waals surface area contributed by atoms with Crippen LogP contribution in [0.1, 0.15) is 6.92 Å². The Morgan fingerprint density at radius 1 is 1.83 bits per heavy atom. The molecule has 0 N–H and O–H groups in total. The van der Waals surface area contributed by atoms with Crippen molar-refractivity contribution >= 4 is 35.0 Å². The zero-order valence-electron chi connectivity index (χ0n) is 3.52. The fraction of sp³-hybridized carbons (Fsp3) is 0.333. The third-order valence-electron chi connectivity index (χ3n) is 0.266. The Bertz CT molecular complexity index is 110. The van der Waals surface area contributed by atoms with Gasteiger partial charge in [0.1, 0.15) is 0 Å². The number of rotatable bonds is 0. The molecule has 0 unspecified atom stereocenters. The molecule has 0 radical (unpaired) electrons. The van der Waals surface area contributed by atoms with Gasteiger partial charge in [-0.1, -0.05) is 0 Å². The first-order valence-corrected chi connectivity index (χ1v) is 5.43. The van der Waals surface area contributed by atoms with Crippen molar-refractivity contribution in [1.82, 2.24) is 0 Å². The van der Waals surface area contributed by atoms with Crippen molar-refractivity contribution in [3.05, 3.63) is 11.5 Å². The molecule has 0 heterocycles. The van der Waals surface area contributed by atoms with Crippen LogP contribution in [-0.4, -0.2) is 6.53 Å². The second-order valence-electron chi connectivity index (χ2n) is 0.784. The summed E-state index contributed by atoms with van der Waals surface area (Å²) in [7, 11) is -0.0261. The molecule has 0 nitrogen and oxygen atoms in total. The van der Waals surface area contributed by atoms with Crippen LogP contribution in [-0.2, 0) is 7.30 Å². The fourth-order valence-electron chi connectivity index (χ4n) is 0.130. The van der Waals surface area contributed by atoms with Crippen molar-refractivity contribution in [2.45, 2.75) is 6.92 Å². The first kappa shape index (κ1) is 6.88. The van der Waals surface area contributed by atoms with E-state index in [1.54, 1.807) is 0 Å². The predicted octanol–water partition coefficient (Wildman–Crippen LogP) is 1.57. The van der Waals surface area contributed by atoms with Crippen LogP contribution in [0.25, 0.3) is 0 Å². The average molecular weight is 211 g/mol. The van der Waals surface area contributed by atoms with Crippen LogP contribution in [0.3, 0.4) is 0 Å². The van der Waals surface area contributed by atoms with Crippen LogP contribution in [0, 0.1) is 0 Å². The van der Waals surface area contributed by atoms with Gasteiger partial charge in [-0.3, -0.25) is 0 Å². The number of halogens is 1. The summed E-state index contributed by atoms with van der Waals surface area (Å²) in [6, 6.07) is 0. The number of hydrogen-bond acceptors (Lipinski definition) is 1. The molecule has 0 saturated carbocycles. The summed E-state index contributed by atoms with van der Waals surface area (Å²) in [5.74, 6) is 0. The molecule has 0 amide bonds. The normalized spacial score (nSPS) is 11.5. The van der Waals surface area contributed by atoms with Crippen molar-refractivity contribution < 1.29 is 0 Å². The molecule has 0 fully saturated rings. The van der Waals surface area contributed by atoms with Crippen molar-refractivity contribution in [3.8, 4) is 0 Å². The molecule has 3 heteroatoms. The monoisotopic (exact) mass is 211 g/mol. The fourth-order valence-corrected chi connectivity index (χ4v) is 1.27. The van der Waals surface area contributed by atoms with E-state index in [0.717, 1.165) is 0 Å². The van der Waals surface area contributed by atoms with Gasteiger partial charge in [0.25, 0.3) is 0 Å². The van der Waals surface area contributed by atoms with E-state index in [1.165, 1.54) is 0 Å². The van der Waals surface area contributed by atoms with Crippen LogP contribution in [0.4, 0.5) is 0 Å². The van der Waals surface area contributed by atoms with Gasteiger partial charge in [0.15, 0.2) is 0 Å². The molecule has 0 spiro atoms. The summed E-state index contributed by atoms with van der Waals surface area (Å²) in [4.78, 5) is 0. The van der Waals surface area contributed by atoms with E-state index in [-0.39, 0.29) is 7.30 Å². The Labute approximate surface area is 53.4 Å². The van der Waals surface area contributed by atoms with Crippen molar-refractivity contribution in [3.63, 3.8) is 0 Å². The maximum atomic E-state index is 5.33. The second-order valence-corrected chi connectivity index (χ2v) is 4.74. The Balaban J connectivity index is 3.41. The molecule has 0 aromatic carbocycles. The molecular weight excluding hydrogens is 206 g/mol. The van der Waals surface area contributed by atoms with E-state index in [9.17, 15) is 0 Å². The van der Waals surface area contributed by atoms with Gasteiger partial charge in [-0.05, 0) is 0 Å². The third-order valence-corrected chi connectivity index (χ3v) is 1.68. The Morgan fingerprint density at radius 3 is 2.33 bits per heavy atom. The van der Waals surface area contributed by atoms with E-state index in [4.69, 9.17) is 6.53 Å². The standard InChI is InChI=1S/C3H5BIS/c1-2-3-6(4)5/h2-3H,1H3/q-1/b3-2+. The SMILES string of the molecule is B#[S-](I)/C=C/C. The summed E-state index contributed by atoms with van der Waals surface area (Å²) >= 11 is 2.16. The van der Waals surface area contributed by atoms with Crippen LogP contribution in [0.5, 0.6) is 0 Å². The van der Waals surface area contributed by atoms with Gasteiger partial charge in [0, 0.05) is 0 Å². The number of hydrogen-bond donors (Lipinski definition) is 0. The molecule has 0 aliphatic heterocycles. The first-order valence-electron chi connectivity index (χ1n) is 1.54. The van der Waals surface area contributed by atoms with Crippen LogP contribution in [0.15, 0.2) is 11.5 Å². The van der Waals surface area contributed by atoms with Gasteiger partial charge in [-0.25, -0.2) is 0 Å². The quantitative estimate of drug-likeness (QED) is 0.324. The van der Waals surface area contributed by atoms with Gasteiger partial charge in [-0.15, -0.1) is 0 Å². The molecular formula is C3H5BIS-. The second kappa shape index (κ2) is 4.05. The molecule has 6 heavy (non-hydrogen) atoms. The van der Waals surface area contributed by atoms with Crippen molar-refractivity contribution in [1.29, 1.82) is 0 Å². The van der Waals surface area contributed by atoms with Crippen molar-refractivity contribution in [2.24, 2.45) is 0 Å². The minimum atomic E-state index is -0.0261. The zero-order chi connectivity index (χ0) is 4.99. The molecule has 0 rings (SSSR count). The molecule has 0 atom stereocenters. The van der Waals surface area contributed by atoms with E-state index < -0.39 is 0 Å². The minimum absolute atomic E-state index is 0.0261. The van der Waals surface area contributed by atoms with Gasteiger partial charge >= 0.3 is 53.4 Å². The third kappa shape index (κ3) is 4.88. The molecule has 0 saturated heterocycles. The molecule has 0 aliphatic rings. The average Bonchev–Trinajstić information content (AvgIpc) is 1.35. The van der Waals surface area contributed by atoms with Crippen molar-refractivity contribution in [2.75, 3.05) is 0 Å². The topological polar surface area (TPSA) is 0 Å². The molecule has 0 aromatic heterocycles. The molecule has 34 valence electrons. The summed E-state index contributed by atoms with van der Waals surface area (Å²) in [5, 5.41) is 1.96. The van der Waals surface area contributed by atoms with E-state index in [0.29, 0.717) is 0 Å². The maximum absolute atomic E-state index is 5.33. The molecule has 0 aliphatic carbocycles. The zero-order valence-corrected chi connectivity index (χ0v) is 6.49. The van der Waals surface area contributed by atoms with Crippen LogP contribution in [0.2, 0.25) is 0 Å².